The molecule has 1 aliphatic heterocycles. The van der Waals surface area contributed by atoms with Crippen LogP contribution in [0.4, 0.5) is 4.39 Å². The van der Waals surface area contributed by atoms with Crippen LogP contribution in [0.1, 0.15) is 18.0 Å². The first-order valence-electron chi connectivity index (χ1n) is 5.26. The lowest BCUT2D eigenvalue weighted by Crippen LogP contribution is -2.25. The van der Waals surface area contributed by atoms with Crippen molar-refractivity contribution < 1.29 is 4.39 Å². The Morgan fingerprint density at radius 2 is 2.20 bits per heavy atom. The Bertz CT molecular complexity index is 329. The van der Waals surface area contributed by atoms with Gasteiger partial charge in [-0.1, -0.05) is 18.2 Å². The number of halogens is 1. The second-order valence-corrected chi connectivity index (χ2v) is 3.86. The predicted octanol–water partition coefficient (Wildman–Crippen LogP) is 0.940. The highest BCUT2D eigenvalue weighted by Gasteiger charge is 2.28. The predicted molar refractivity (Wildman–Crippen MR) is 57.4 cm³/mol. The van der Waals surface area contributed by atoms with Gasteiger partial charge in [0.25, 0.3) is 0 Å². The lowest BCUT2D eigenvalue weighted by Gasteiger charge is -2.18. The number of nitrogens with one attached hydrogen (secondary N) is 2. The van der Waals surface area contributed by atoms with Crippen LogP contribution in [0.2, 0.25) is 0 Å². The molecular weight excluding hydrogens is 193 g/mol. The van der Waals surface area contributed by atoms with Gasteiger partial charge in [0.2, 0.25) is 0 Å². The summed E-state index contributed by atoms with van der Waals surface area (Å²) in [5.41, 5.74) is 12.4. The third-order valence-corrected chi connectivity index (χ3v) is 2.87. The molecule has 1 aromatic carbocycles. The molecule has 0 bridgehead atoms. The molecule has 15 heavy (non-hydrogen) atoms. The molecule has 82 valence electrons. The first kappa shape index (κ1) is 10.5. The third kappa shape index (κ3) is 2.17. The van der Waals surface area contributed by atoms with Crippen molar-refractivity contribution >= 4 is 0 Å². The molecule has 0 radical (unpaired) electrons. The number of benzene rings is 1. The van der Waals surface area contributed by atoms with Crippen molar-refractivity contribution in [1.82, 2.24) is 10.9 Å². The van der Waals surface area contributed by atoms with Gasteiger partial charge in [0.1, 0.15) is 5.82 Å². The third-order valence-electron chi connectivity index (χ3n) is 2.87. The minimum atomic E-state index is -0.152. The van der Waals surface area contributed by atoms with Gasteiger partial charge in [-0.25, -0.2) is 9.82 Å². The Kier molecular flexibility index (Phi) is 3.30. The molecule has 0 saturated carbocycles. The lowest BCUT2D eigenvalue weighted by molar-refractivity contribution is 0.433. The molecule has 2 rings (SSSR count). The molecular formula is C11H16FN3. The summed E-state index contributed by atoms with van der Waals surface area (Å²) in [7, 11) is 0. The highest BCUT2D eigenvalue weighted by molar-refractivity contribution is 5.22. The van der Waals surface area contributed by atoms with Crippen LogP contribution in [-0.4, -0.2) is 13.1 Å². The zero-order chi connectivity index (χ0) is 10.7. The number of hydrogen-bond acceptors (Lipinski definition) is 3. The minimum absolute atomic E-state index is 0.0368. The molecule has 0 aliphatic carbocycles. The van der Waals surface area contributed by atoms with Gasteiger partial charge in [-0.05, 0) is 24.9 Å². The van der Waals surface area contributed by atoms with E-state index in [0.717, 1.165) is 18.5 Å². The van der Waals surface area contributed by atoms with Gasteiger partial charge < -0.3 is 5.73 Å². The van der Waals surface area contributed by atoms with Crippen molar-refractivity contribution in [3.63, 3.8) is 0 Å². The number of rotatable bonds is 3. The SMILES string of the molecule is NCCC1CNNC1c1ccccc1F. The zero-order valence-electron chi connectivity index (χ0n) is 8.54. The lowest BCUT2D eigenvalue weighted by atomic mass is 9.92. The summed E-state index contributed by atoms with van der Waals surface area (Å²) in [5.74, 6) is 0.215. The Hall–Kier alpha value is -0.970. The maximum Gasteiger partial charge on any atom is 0.128 e. The van der Waals surface area contributed by atoms with Crippen LogP contribution in [0.3, 0.4) is 0 Å². The van der Waals surface area contributed by atoms with E-state index in [1.54, 1.807) is 6.07 Å². The summed E-state index contributed by atoms with van der Waals surface area (Å²) < 4.78 is 13.6. The van der Waals surface area contributed by atoms with E-state index < -0.39 is 0 Å². The van der Waals surface area contributed by atoms with Gasteiger partial charge in [-0.2, -0.15) is 0 Å². The molecule has 1 fully saturated rings. The van der Waals surface area contributed by atoms with Crippen LogP contribution in [0, 0.1) is 11.7 Å². The van der Waals surface area contributed by atoms with Crippen molar-refractivity contribution in [2.45, 2.75) is 12.5 Å². The van der Waals surface area contributed by atoms with E-state index >= 15 is 0 Å². The Morgan fingerprint density at radius 1 is 1.40 bits per heavy atom. The van der Waals surface area contributed by atoms with E-state index in [1.807, 2.05) is 12.1 Å². The quantitative estimate of drug-likeness (QED) is 0.694. The molecule has 4 N–H and O–H groups in total. The monoisotopic (exact) mass is 209 g/mol. The van der Waals surface area contributed by atoms with Crippen molar-refractivity contribution in [2.24, 2.45) is 11.7 Å². The van der Waals surface area contributed by atoms with Gasteiger partial charge in [0, 0.05) is 12.1 Å². The van der Waals surface area contributed by atoms with Gasteiger partial charge in [-0.15, -0.1) is 0 Å². The minimum Gasteiger partial charge on any atom is -0.330 e. The Morgan fingerprint density at radius 3 is 2.93 bits per heavy atom. The standard InChI is InChI=1S/C11H16FN3/c12-10-4-2-1-3-9(10)11-8(5-6-13)7-14-15-11/h1-4,8,11,14-15H,5-7,13H2. The molecule has 0 spiro atoms. The van der Waals surface area contributed by atoms with E-state index in [1.165, 1.54) is 6.07 Å². The van der Waals surface area contributed by atoms with E-state index in [4.69, 9.17) is 5.73 Å². The number of hydrogen-bond donors (Lipinski definition) is 3. The molecule has 0 amide bonds. The summed E-state index contributed by atoms with van der Waals surface area (Å²) in [6.45, 7) is 1.48. The summed E-state index contributed by atoms with van der Waals surface area (Å²) >= 11 is 0. The van der Waals surface area contributed by atoms with Gasteiger partial charge in [-0.3, -0.25) is 5.43 Å². The number of nitrogens with two attached hydrogens (primary N) is 1. The summed E-state index contributed by atoms with van der Waals surface area (Å²) in [6.07, 6.45) is 0.902. The van der Waals surface area contributed by atoms with Crippen molar-refractivity contribution in [2.75, 3.05) is 13.1 Å². The molecule has 4 heteroatoms. The topological polar surface area (TPSA) is 50.1 Å². The molecule has 2 atom stereocenters. The first-order valence-corrected chi connectivity index (χ1v) is 5.26. The Labute approximate surface area is 88.8 Å². The Balaban J connectivity index is 2.19. The summed E-state index contributed by atoms with van der Waals surface area (Å²) in [6, 6.07) is 6.92. The smallest absolute Gasteiger partial charge is 0.128 e. The van der Waals surface area contributed by atoms with E-state index in [2.05, 4.69) is 10.9 Å². The maximum atomic E-state index is 13.6. The molecule has 3 nitrogen and oxygen atoms in total. The van der Waals surface area contributed by atoms with Gasteiger partial charge in [0.05, 0.1) is 6.04 Å². The normalized spacial score (nSPS) is 25.7. The van der Waals surface area contributed by atoms with Crippen molar-refractivity contribution in [3.8, 4) is 0 Å². The fourth-order valence-electron chi connectivity index (χ4n) is 2.08. The van der Waals surface area contributed by atoms with E-state index in [0.29, 0.717) is 12.5 Å². The van der Waals surface area contributed by atoms with Crippen LogP contribution in [0.15, 0.2) is 24.3 Å². The fraction of sp³-hybridized carbons (Fsp3) is 0.455. The molecule has 1 aliphatic rings. The van der Waals surface area contributed by atoms with Crippen LogP contribution >= 0.6 is 0 Å². The van der Waals surface area contributed by atoms with E-state index in [-0.39, 0.29) is 11.9 Å². The van der Waals surface area contributed by atoms with Crippen molar-refractivity contribution in [3.05, 3.63) is 35.6 Å². The summed E-state index contributed by atoms with van der Waals surface area (Å²) in [5, 5.41) is 0. The number of hydrazine groups is 1. The zero-order valence-corrected chi connectivity index (χ0v) is 8.54. The summed E-state index contributed by atoms with van der Waals surface area (Å²) in [4.78, 5) is 0. The highest BCUT2D eigenvalue weighted by atomic mass is 19.1. The fourth-order valence-corrected chi connectivity index (χ4v) is 2.08. The molecule has 0 aromatic heterocycles. The first-order chi connectivity index (χ1) is 7.33. The largest absolute Gasteiger partial charge is 0.330 e. The average molecular weight is 209 g/mol. The average Bonchev–Trinajstić information content (AvgIpc) is 2.67. The van der Waals surface area contributed by atoms with Crippen LogP contribution < -0.4 is 16.6 Å². The van der Waals surface area contributed by atoms with Crippen LogP contribution in [0.25, 0.3) is 0 Å². The van der Waals surface area contributed by atoms with Crippen LogP contribution in [-0.2, 0) is 0 Å². The molecule has 1 saturated heterocycles. The second kappa shape index (κ2) is 4.70. The molecule has 1 heterocycles. The van der Waals surface area contributed by atoms with Gasteiger partial charge in [0.15, 0.2) is 0 Å². The second-order valence-electron chi connectivity index (χ2n) is 3.86. The van der Waals surface area contributed by atoms with E-state index in [9.17, 15) is 4.39 Å². The molecule has 1 aromatic rings. The molecule has 2 unspecified atom stereocenters. The van der Waals surface area contributed by atoms with Crippen LogP contribution in [0.5, 0.6) is 0 Å². The van der Waals surface area contributed by atoms with Gasteiger partial charge >= 0.3 is 0 Å². The highest BCUT2D eigenvalue weighted by Crippen LogP contribution is 2.28. The van der Waals surface area contributed by atoms with Crippen molar-refractivity contribution in [1.29, 1.82) is 0 Å². The maximum absolute atomic E-state index is 13.6.